The minimum absolute atomic E-state index is 0.185. The maximum absolute atomic E-state index is 12.1. The maximum Gasteiger partial charge on any atom is 0.274 e. The van der Waals surface area contributed by atoms with Crippen molar-refractivity contribution < 1.29 is 4.79 Å². The standard InChI is InChI=1S/C11H13N5OS/c1-6-13-11(18-15-6)14-10(17)9-4-7(12)5-16(9)8-2-3-8/h4-5,8H,2-3,12H2,1H3,(H,13,14,15,17). The molecule has 18 heavy (non-hydrogen) atoms. The highest BCUT2D eigenvalue weighted by atomic mass is 32.1. The van der Waals surface area contributed by atoms with Crippen LogP contribution in [0.4, 0.5) is 10.8 Å². The van der Waals surface area contributed by atoms with E-state index in [0.717, 1.165) is 12.8 Å². The zero-order valence-electron chi connectivity index (χ0n) is 9.88. The fourth-order valence-electron chi connectivity index (χ4n) is 1.85. The molecule has 94 valence electrons. The van der Waals surface area contributed by atoms with Gasteiger partial charge in [0.2, 0.25) is 5.13 Å². The molecule has 0 aliphatic heterocycles. The molecule has 3 rings (SSSR count). The number of anilines is 2. The number of hydrogen-bond acceptors (Lipinski definition) is 5. The van der Waals surface area contributed by atoms with Crippen LogP contribution in [0, 0.1) is 6.92 Å². The normalized spacial score (nSPS) is 14.7. The van der Waals surface area contributed by atoms with E-state index in [0.29, 0.717) is 28.4 Å². The number of carbonyl (C=O) groups is 1. The molecule has 1 fully saturated rings. The molecule has 0 atom stereocenters. The lowest BCUT2D eigenvalue weighted by atomic mass is 10.4. The molecule has 1 saturated carbocycles. The highest BCUT2D eigenvalue weighted by Gasteiger charge is 2.27. The molecule has 6 nitrogen and oxygen atoms in total. The van der Waals surface area contributed by atoms with E-state index in [1.54, 1.807) is 13.0 Å². The Bertz CT molecular complexity index is 598. The van der Waals surface area contributed by atoms with Crippen LogP contribution in [0.1, 0.15) is 35.2 Å². The van der Waals surface area contributed by atoms with Gasteiger partial charge in [0.1, 0.15) is 11.5 Å². The third-order valence-electron chi connectivity index (χ3n) is 2.79. The van der Waals surface area contributed by atoms with Gasteiger partial charge in [0.05, 0.1) is 5.69 Å². The van der Waals surface area contributed by atoms with Crippen LogP contribution in [0.5, 0.6) is 0 Å². The quantitative estimate of drug-likeness (QED) is 0.884. The van der Waals surface area contributed by atoms with Crippen molar-refractivity contribution in [1.29, 1.82) is 0 Å². The molecule has 3 N–H and O–H groups in total. The molecule has 0 unspecified atom stereocenters. The second-order valence-corrected chi connectivity index (χ2v) is 5.15. The summed E-state index contributed by atoms with van der Waals surface area (Å²) in [5, 5.41) is 3.26. The summed E-state index contributed by atoms with van der Waals surface area (Å²) in [5.74, 6) is 0.474. The molecule has 1 aliphatic rings. The van der Waals surface area contributed by atoms with Crippen molar-refractivity contribution in [1.82, 2.24) is 13.9 Å². The molecule has 1 amide bonds. The minimum atomic E-state index is -0.185. The molecule has 0 aromatic carbocycles. The Morgan fingerprint density at radius 1 is 1.61 bits per heavy atom. The Kier molecular flexibility index (Phi) is 2.55. The zero-order chi connectivity index (χ0) is 12.7. The van der Waals surface area contributed by atoms with E-state index in [4.69, 9.17) is 5.73 Å². The average Bonchev–Trinajstić information content (AvgIpc) is 2.98. The third kappa shape index (κ3) is 2.08. The fourth-order valence-corrected chi connectivity index (χ4v) is 2.42. The smallest absolute Gasteiger partial charge is 0.274 e. The summed E-state index contributed by atoms with van der Waals surface area (Å²) < 4.78 is 5.97. The first-order valence-electron chi connectivity index (χ1n) is 5.72. The number of nitrogen functional groups attached to an aromatic ring is 1. The van der Waals surface area contributed by atoms with Gasteiger partial charge < -0.3 is 10.3 Å². The molecule has 7 heteroatoms. The number of nitrogens with zero attached hydrogens (tertiary/aromatic N) is 3. The summed E-state index contributed by atoms with van der Waals surface area (Å²) in [7, 11) is 0. The Labute approximate surface area is 108 Å². The number of nitrogens with two attached hydrogens (primary N) is 1. The van der Waals surface area contributed by atoms with Crippen LogP contribution in [-0.2, 0) is 0 Å². The Morgan fingerprint density at radius 2 is 2.39 bits per heavy atom. The lowest BCUT2D eigenvalue weighted by Gasteiger charge is -2.06. The maximum atomic E-state index is 12.1. The molecule has 2 heterocycles. The van der Waals surface area contributed by atoms with E-state index >= 15 is 0 Å². The molecule has 0 radical (unpaired) electrons. The van der Waals surface area contributed by atoms with Crippen LogP contribution in [0.15, 0.2) is 12.3 Å². The Balaban J connectivity index is 1.83. The van der Waals surface area contributed by atoms with E-state index < -0.39 is 0 Å². The third-order valence-corrected chi connectivity index (χ3v) is 3.51. The largest absolute Gasteiger partial charge is 0.397 e. The monoisotopic (exact) mass is 263 g/mol. The molecular weight excluding hydrogens is 250 g/mol. The molecule has 1 aliphatic carbocycles. The first-order chi connectivity index (χ1) is 8.63. The second kappa shape index (κ2) is 4.09. The van der Waals surface area contributed by atoms with Crippen molar-refractivity contribution in [2.75, 3.05) is 11.1 Å². The fraction of sp³-hybridized carbons (Fsp3) is 0.364. The van der Waals surface area contributed by atoms with Crippen LogP contribution >= 0.6 is 11.5 Å². The van der Waals surface area contributed by atoms with Crippen LogP contribution < -0.4 is 11.1 Å². The van der Waals surface area contributed by atoms with Gasteiger partial charge in [0, 0.05) is 23.8 Å². The van der Waals surface area contributed by atoms with Crippen molar-refractivity contribution in [3.63, 3.8) is 0 Å². The summed E-state index contributed by atoms with van der Waals surface area (Å²) >= 11 is 1.18. The Hall–Kier alpha value is -1.89. The number of carbonyl (C=O) groups excluding carboxylic acids is 1. The number of amides is 1. The van der Waals surface area contributed by atoms with Crippen molar-refractivity contribution in [3.8, 4) is 0 Å². The number of nitrogens with one attached hydrogen (secondary N) is 1. The molecule has 0 saturated heterocycles. The van der Waals surface area contributed by atoms with Crippen molar-refractivity contribution in [3.05, 3.63) is 23.8 Å². The average molecular weight is 263 g/mol. The Morgan fingerprint density at radius 3 is 3.00 bits per heavy atom. The molecule has 2 aromatic rings. The van der Waals surface area contributed by atoms with Crippen LogP contribution in [0.3, 0.4) is 0 Å². The summed E-state index contributed by atoms with van der Waals surface area (Å²) in [6, 6.07) is 2.11. The topological polar surface area (TPSA) is 85.8 Å². The van der Waals surface area contributed by atoms with Crippen molar-refractivity contribution >= 4 is 28.3 Å². The molecule has 0 bridgehead atoms. The lowest BCUT2D eigenvalue weighted by molar-refractivity contribution is 0.101. The van der Waals surface area contributed by atoms with Gasteiger partial charge in [-0.1, -0.05) is 0 Å². The molecule has 0 spiro atoms. The van der Waals surface area contributed by atoms with E-state index in [9.17, 15) is 4.79 Å². The van der Waals surface area contributed by atoms with Gasteiger partial charge in [-0.05, 0) is 25.8 Å². The summed E-state index contributed by atoms with van der Waals surface area (Å²) in [4.78, 5) is 16.2. The zero-order valence-corrected chi connectivity index (χ0v) is 10.7. The van der Waals surface area contributed by atoms with E-state index in [1.807, 2.05) is 10.8 Å². The summed E-state index contributed by atoms with van der Waals surface area (Å²) in [5.41, 5.74) is 6.95. The highest BCUT2D eigenvalue weighted by molar-refractivity contribution is 7.09. The van der Waals surface area contributed by atoms with Gasteiger partial charge in [-0.25, -0.2) is 4.98 Å². The van der Waals surface area contributed by atoms with E-state index in [2.05, 4.69) is 14.7 Å². The van der Waals surface area contributed by atoms with Crippen LogP contribution in [-0.4, -0.2) is 19.8 Å². The van der Waals surface area contributed by atoms with Gasteiger partial charge in [-0.15, -0.1) is 0 Å². The summed E-state index contributed by atoms with van der Waals surface area (Å²) in [6.45, 7) is 1.79. The minimum Gasteiger partial charge on any atom is -0.397 e. The summed E-state index contributed by atoms with van der Waals surface area (Å²) in [6.07, 6.45) is 4.02. The molecule has 2 aromatic heterocycles. The molecular formula is C11H13N5OS. The van der Waals surface area contributed by atoms with Gasteiger partial charge in [0.15, 0.2) is 0 Å². The second-order valence-electron chi connectivity index (χ2n) is 4.40. The SMILES string of the molecule is Cc1nsc(NC(=O)c2cc(N)cn2C2CC2)n1. The number of hydrogen-bond donors (Lipinski definition) is 2. The number of aryl methyl sites for hydroxylation is 1. The first-order valence-corrected chi connectivity index (χ1v) is 6.50. The van der Waals surface area contributed by atoms with Gasteiger partial charge >= 0.3 is 0 Å². The number of rotatable bonds is 3. The van der Waals surface area contributed by atoms with Crippen LogP contribution in [0.2, 0.25) is 0 Å². The van der Waals surface area contributed by atoms with Crippen molar-refractivity contribution in [2.45, 2.75) is 25.8 Å². The first kappa shape index (κ1) is 11.2. The van der Waals surface area contributed by atoms with E-state index in [-0.39, 0.29) is 5.91 Å². The predicted octanol–water partition coefficient (Wildman–Crippen LogP) is 1.82. The van der Waals surface area contributed by atoms with Gasteiger partial charge in [-0.2, -0.15) is 4.37 Å². The number of aromatic nitrogens is 3. The lowest BCUT2D eigenvalue weighted by Crippen LogP contribution is -2.16. The van der Waals surface area contributed by atoms with E-state index in [1.165, 1.54) is 11.5 Å². The highest BCUT2D eigenvalue weighted by Crippen LogP contribution is 2.37. The van der Waals surface area contributed by atoms with Gasteiger partial charge in [-0.3, -0.25) is 10.1 Å². The van der Waals surface area contributed by atoms with Crippen LogP contribution in [0.25, 0.3) is 0 Å². The predicted molar refractivity (Wildman–Crippen MR) is 69.7 cm³/mol. The van der Waals surface area contributed by atoms with Gasteiger partial charge in [0.25, 0.3) is 5.91 Å². The van der Waals surface area contributed by atoms with Crippen molar-refractivity contribution in [2.24, 2.45) is 0 Å².